The largest absolute Gasteiger partial charge is 0.486 e. The Morgan fingerprint density at radius 3 is 2.73 bits per heavy atom. The van der Waals surface area contributed by atoms with Crippen molar-refractivity contribution in [1.82, 2.24) is 20.5 Å². The molecular formula is C14H14ClF3N4O3S. The topological polar surface area (TPSA) is 89.1 Å². The summed E-state index contributed by atoms with van der Waals surface area (Å²) in [6.07, 6.45) is -5.68. The number of hydrogen-bond donors (Lipinski definition) is 2. The van der Waals surface area contributed by atoms with Crippen LogP contribution < -0.4 is 10.1 Å². The van der Waals surface area contributed by atoms with Crippen LogP contribution in [0.2, 0.25) is 5.02 Å². The van der Waals surface area contributed by atoms with Crippen molar-refractivity contribution in [3.8, 4) is 5.75 Å². The number of carbonyl (C=O) groups is 1. The standard InChI is InChI=1S/C14H14ClF3N4O3S/c15-9-1-3-10(4-2-9)24-7-11-20-12(22-21-11)26-6-5-19-13(23)25-8-14(16,17)18/h1-4H,5-8H2,(H,19,23)(H,20,21,22). The smallest absolute Gasteiger partial charge is 0.422 e. The lowest BCUT2D eigenvalue weighted by molar-refractivity contribution is -0.160. The summed E-state index contributed by atoms with van der Waals surface area (Å²) in [6, 6.07) is 6.84. The van der Waals surface area contributed by atoms with E-state index in [1.807, 2.05) is 0 Å². The molecule has 2 N–H and O–H groups in total. The Kier molecular flexibility index (Phi) is 7.39. The van der Waals surface area contributed by atoms with Crippen LogP contribution in [0.1, 0.15) is 5.82 Å². The van der Waals surface area contributed by atoms with Gasteiger partial charge in [-0.05, 0) is 24.3 Å². The van der Waals surface area contributed by atoms with E-state index in [0.717, 1.165) is 0 Å². The van der Waals surface area contributed by atoms with E-state index in [4.69, 9.17) is 16.3 Å². The highest BCUT2D eigenvalue weighted by Crippen LogP contribution is 2.17. The number of benzene rings is 1. The van der Waals surface area contributed by atoms with Gasteiger partial charge in [-0.15, -0.1) is 5.10 Å². The first kappa shape index (κ1) is 20.2. The zero-order chi connectivity index (χ0) is 19.0. The van der Waals surface area contributed by atoms with E-state index in [9.17, 15) is 18.0 Å². The Morgan fingerprint density at radius 1 is 1.31 bits per heavy atom. The van der Waals surface area contributed by atoms with Crippen molar-refractivity contribution in [1.29, 1.82) is 0 Å². The molecule has 0 atom stereocenters. The number of ether oxygens (including phenoxy) is 2. The van der Waals surface area contributed by atoms with E-state index in [1.54, 1.807) is 24.3 Å². The highest BCUT2D eigenvalue weighted by Gasteiger charge is 2.29. The Balaban J connectivity index is 1.63. The Morgan fingerprint density at radius 2 is 2.04 bits per heavy atom. The van der Waals surface area contributed by atoms with Crippen LogP contribution in [0, 0.1) is 0 Å². The van der Waals surface area contributed by atoms with Crippen LogP contribution in [-0.4, -0.2) is 46.4 Å². The Bertz CT molecular complexity index is 712. The maximum absolute atomic E-state index is 11.9. The average molecular weight is 411 g/mol. The third-order valence-corrected chi connectivity index (χ3v) is 3.77. The average Bonchev–Trinajstić information content (AvgIpc) is 3.04. The van der Waals surface area contributed by atoms with Gasteiger partial charge < -0.3 is 14.8 Å². The lowest BCUT2D eigenvalue weighted by atomic mass is 10.3. The quantitative estimate of drug-likeness (QED) is 0.512. The van der Waals surface area contributed by atoms with Crippen molar-refractivity contribution in [2.45, 2.75) is 17.9 Å². The van der Waals surface area contributed by atoms with Crippen LogP contribution in [0.15, 0.2) is 29.4 Å². The predicted octanol–water partition coefficient (Wildman–Crippen LogP) is 3.42. The Hall–Kier alpha value is -2.14. The van der Waals surface area contributed by atoms with Crippen LogP contribution in [0.25, 0.3) is 0 Å². The molecule has 1 heterocycles. The van der Waals surface area contributed by atoms with Gasteiger partial charge in [-0.2, -0.15) is 13.2 Å². The number of H-pyrrole nitrogens is 1. The molecule has 26 heavy (non-hydrogen) atoms. The molecule has 0 aliphatic heterocycles. The molecule has 0 saturated heterocycles. The molecule has 0 unspecified atom stereocenters. The fourth-order valence-electron chi connectivity index (χ4n) is 1.58. The van der Waals surface area contributed by atoms with Gasteiger partial charge in [0.1, 0.15) is 12.4 Å². The second-order valence-corrected chi connectivity index (χ2v) is 6.27. The molecule has 0 fully saturated rings. The van der Waals surface area contributed by atoms with E-state index in [-0.39, 0.29) is 13.2 Å². The van der Waals surface area contributed by atoms with Gasteiger partial charge in [0.25, 0.3) is 0 Å². The number of nitrogens with zero attached hydrogens (tertiary/aromatic N) is 2. The number of nitrogens with one attached hydrogen (secondary N) is 2. The number of alkyl carbamates (subject to hydrolysis) is 1. The summed E-state index contributed by atoms with van der Waals surface area (Å²) in [5.74, 6) is 1.48. The third-order valence-electron chi connectivity index (χ3n) is 2.67. The summed E-state index contributed by atoms with van der Waals surface area (Å²) in [7, 11) is 0. The van der Waals surface area contributed by atoms with Gasteiger partial charge in [0.05, 0.1) is 0 Å². The first-order chi connectivity index (χ1) is 12.3. The fourth-order valence-corrected chi connectivity index (χ4v) is 2.38. The molecular weight excluding hydrogens is 397 g/mol. The second kappa shape index (κ2) is 9.53. The number of amides is 1. The molecule has 1 aromatic heterocycles. The molecule has 0 radical (unpaired) electrons. The molecule has 0 bridgehead atoms. The summed E-state index contributed by atoms with van der Waals surface area (Å²) in [5.41, 5.74) is 0. The zero-order valence-electron chi connectivity index (χ0n) is 13.2. The zero-order valence-corrected chi connectivity index (χ0v) is 14.7. The van der Waals surface area contributed by atoms with Gasteiger partial charge >= 0.3 is 12.3 Å². The summed E-state index contributed by atoms with van der Waals surface area (Å²) in [5, 5.41) is 9.89. The first-order valence-electron chi connectivity index (χ1n) is 7.21. The predicted molar refractivity (Wildman–Crippen MR) is 88.3 cm³/mol. The summed E-state index contributed by atoms with van der Waals surface area (Å²) in [4.78, 5) is 15.2. The maximum Gasteiger partial charge on any atom is 0.422 e. The van der Waals surface area contributed by atoms with Gasteiger partial charge in [0.2, 0.25) is 5.16 Å². The molecule has 0 spiro atoms. The number of rotatable bonds is 8. The summed E-state index contributed by atoms with van der Waals surface area (Å²) >= 11 is 6.99. The van der Waals surface area contributed by atoms with E-state index in [2.05, 4.69) is 25.2 Å². The van der Waals surface area contributed by atoms with Gasteiger partial charge in [0.15, 0.2) is 12.4 Å². The van der Waals surface area contributed by atoms with Crippen molar-refractivity contribution >= 4 is 29.5 Å². The van der Waals surface area contributed by atoms with E-state index < -0.39 is 18.9 Å². The van der Waals surface area contributed by atoms with E-state index in [1.165, 1.54) is 11.8 Å². The second-order valence-electron chi connectivity index (χ2n) is 4.77. The van der Waals surface area contributed by atoms with Crippen molar-refractivity contribution in [3.63, 3.8) is 0 Å². The molecule has 0 aliphatic rings. The maximum atomic E-state index is 11.9. The molecule has 7 nitrogen and oxygen atoms in total. The number of hydrogen-bond acceptors (Lipinski definition) is 6. The van der Waals surface area contributed by atoms with Gasteiger partial charge in [0, 0.05) is 17.3 Å². The number of aromatic nitrogens is 3. The lowest BCUT2D eigenvalue weighted by Gasteiger charge is -2.08. The van der Waals surface area contributed by atoms with Crippen molar-refractivity contribution in [2.24, 2.45) is 0 Å². The molecule has 12 heteroatoms. The molecule has 0 saturated carbocycles. The molecule has 0 aliphatic carbocycles. The van der Waals surface area contributed by atoms with Crippen LogP contribution in [0.4, 0.5) is 18.0 Å². The van der Waals surface area contributed by atoms with Crippen LogP contribution in [-0.2, 0) is 11.3 Å². The van der Waals surface area contributed by atoms with Crippen LogP contribution in [0.3, 0.4) is 0 Å². The van der Waals surface area contributed by atoms with E-state index in [0.29, 0.717) is 27.5 Å². The summed E-state index contributed by atoms with van der Waals surface area (Å²) in [6.45, 7) is -1.34. The SMILES string of the molecule is O=C(NCCSc1n[nH]c(COc2ccc(Cl)cc2)n1)OCC(F)(F)F. The number of halogens is 4. The summed E-state index contributed by atoms with van der Waals surface area (Å²) < 4.78 is 45.1. The van der Waals surface area contributed by atoms with Gasteiger partial charge in [-0.3, -0.25) is 5.10 Å². The minimum atomic E-state index is -4.55. The third kappa shape index (κ3) is 7.83. The van der Waals surface area contributed by atoms with Crippen molar-refractivity contribution < 1.29 is 27.4 Å². The molecule has 2 aromatic rings. The van der Waals surface area contributed by atoms with E-state index >= 15 is 0 Å². The van der Waals surface area contributed by atoms with Crippen molar-refractivity contribution in [3.05, 3.63) is 35.1 Å². The highest BCUT2D eigenvalue weighted by atomic mass is 35.5. The normalized spacial score (nSPS) is 11.2. The fraction of sp³-hybridized carbons (Fsp3) is 0.357. The van der Waals surface area contributed by atoms with Crippen molar-refractivity contribution in [2.75, 3.05) is 18.9 Å². The number of aromatic amines is 1. The van der Waals surface area contributed by atoms with Crippen LogP contribution >= 0.6 is 23.4 Å². The lowest BCUT2D eigenvalue weighted by Crippen LogP contribution is -2.30. The molecule has 1 aromatic carbocycles. The first-order valence-corrected chi connectivity index (χ1v) is 8.58. The van der Waals surface area contributed by atoms with Gasteiger partial charge in [-0.1, -0.05) is 23.4 Å². The minimum absolute atomic E-state index is 0.104. The number of alkyl halides is 3. The van der Waals surface area contributed by atoms with Gasteiger partial charge in [-0.25, -0.2) is 9.78 Å². The Labute approximate surface area is 155 Å². The molecule has 2 rings (SSSR count). The highest BCUT2D eigenvalue weighted by molar-refractivity contribution is 7.99. The molecule has 1 amide bonds. The number of carbonyl (C=O) groups excluding carboxylic acids is 1. The monoisotopic (exact) mass is 410 g/mol. The minimum Gasteiger partial charge on any atom is -0.486 e. The molecule has 142 valence electrons. The number of thioether (sulfide) groups is 1. The van der Waals surface area contributed by atoms with Crippen LogP contribution in [0.5, 0.6) is 5.75 Å².